The molecule has 35 heavy (non-hydrogen) atoms. The van der Waals surface area contributed by atoms with Crippen LogP contribution in [0.2, 0.25) is 0 Å². The maximum atomic E-state index is 13.7. The molecule has 0 unspecified atom stereocenters. The minimum absolute atomic E-state index is 0.0134. The van der Waals surface area contributed by atoms with Gasteiger partial charge < -0.3 is 20.6 Å². The van der Waals surface area contributed by atoms with Gasteiger partial charge in [-0.2, -0.15) is 0 Å². The van der Waals surface area contributed by atoms with Gasteiger partial charge in [0.1, 0.15) is 11.6 Å². The van der Waals surface area contributed by atoms with Crippen molar-refractivity contribution >= 4 is 34.4 Å². The van der Waals surface area contributed by atoms with E-state index in [1.54, 1.807) is 16.8 Å². The molecule has 190 valence electrons. The molecule has 1 aliphatic heterocycles. The number of benzene rings is 2. The Hall–Kier alpha value is -2.15. The minimum atomic E-state index is -1.01. The molecule has 3 rings (SSSR count). The average Bonchev–Trinajstić information content (AvgIpc) is 2.76. The molecule has 10 heteroatoms. The van der Waals surface area contributed by atoms with E-state index in [4.69, 9.17) is 0 Å². The quantitative estimate of drug-likeness (QED) is 0.363. The molecule has 2 aromatic carbocycles. The standard InChI is InChI=1S/C25H31F2IN4O3/c1-16-13-32(15-25(35)31(16)2)14-24(34)30-22(9-18-6-19(26)10-20(27)7-18)23(33)12-29-11-17-4-3-5-21(28)8-17/h3-8,10,16,22-23,29,33H,9,11-15H2,1-2H3,(H,30,34)/t16-,22-,23-/m0/s1. The number of rotatable bonds is 10. The van der Waals surface area contributed by atoms with Crippen LogP contribution in [0, 0.1) is 15.2 Å². The molecule has 1 heterocycles. The van der Waals surface area contributed by atoms with Crippen molar-refractivity contribution in [2.45, 2.75) is 38.1 Å². The average molecular weight is 600 g/mol. The molecule has 0 saturated carbocycles. The van der Waals surface area contributed by atoms with Crippen molar-refractivity contribution in [1.29, 1.82) is 0 Å². The summed E-state index contributed by atoms with van der Waals surface area (Å²) >= 11 is 2.22. The lowest BCUT2D eigenvalue weighted by Crippen LogP contribution is -2.57. The SMILES string of the molecule is C[C@H]1CN(CC(=O)N[C@@H](Cc2cc(F)cc(F)c2)[C@@H](O)CNCc2cccc(I)c2)CC(=O)N1C. The van der Waals surface area contributed by atoms with Gasteiger partial charge in [0, 0.05) is 42.4 Å². The molecule has 1 aliphatic rings. The molecule has 0 radical (unpaired) electrons. The highest BCUT2D eigenvalue weighted by atomic mass is 127. The summed E-state index contributed by atoms with van der Waals surface area (Å²) in [4.78, 5) is 28.3. The smallest absolute Gasteiger partial charge is 0.236 e. The molecular weight excluding hydrogens is 569 g/mol. The third-order valence-electron chi connectivity index (χ3n) is 6.06. The van der Waals surface area contributed by atoms with Gasteiger partial charge in [0.25, 0.3) is 0 Å². The molecule has 3 N–H and O–H groups in total. The van der Waals surface area contributed by atoms with Gasteiger partial charge in [-0.25, -0.2) is 8.78 Å². The van der Waals surface area contributed by atoms with Crippen LogP contribution in [0.1, 0.15) is 18.1 Å². The lowest BCUT2D eigenvalue weighted by Gasteiger charge is -2.37. The summed E-state index contributed by atoms with van der Waals surface area (Å²) < 4.78 is 28.6. The van der Waals surface area contributed by atoms with Crippen molar-refractivity contribution in [2.75, 3.05) is 33.2 Å². The largest absolute Gasteiger partial charge is 0.390 e. The van der Waals surface area contributed by atoms with Crippen LogP contribution in [-0.4, -0.2) is 78.1 Å². The lowest BCUT2D eigenvalue weighted by molar-refractivity contribution is -0.138. The Kier molecular flexibility index (Phi) is 9.96. The van der Waals surface area contributed by atoms with Crippen LogP contribution < -0.4 is 10.6 Å². The first-order chi connectivity index (χ1) is 16.6. The molecule has 7 nitrogen and oxygen atoms in total. The summed E-state index contributed by atoms with van der Waals surface area (Å²) in [7, 11) is 1.73. The fraction of sp³-hybridized carbons (Fsp3) is 0.440. The van der Waals surface area contributed by atoms with Crippen molar-refractivity contribution in [3.63, 3.8) is 0 Å². The number of hydrogen-bond acceptors (Lipinski definition) is 5. The normalized spacial score (nSPS) is 18.4. The van der Waals surface area contributed by atoms with Crippen LogP contribution in [-0.2, 0) is 22.6 Å². The number of amides is 2. The van der Waals surface area contributed by atoms with E-state index in [0.717, 1.165) is 15.2 Å². The van der Waals surface area contributed by atoms with Gasteiger partial charge in [-0.15, -0.1) is 0 Å². The van der Waals surface area contributed by atoms with Gasteiger partial charge in [0.2, 0.25) is 11.8 Å². The Balaban J connectivity index is 1.64. The number of aliphatic hydroxyl groups excluding tert-OH is 1. The maximum absolute atomic E-state index is 13.7. The summed E-state index contributed by atoms with van der Waals surface area (Å²) in [6.45, 7) is 3.26. The van der Waals surface area contributed by atoms with Gasteiger partial charge in [-0.05, 0) is 71.3 Å². The van der Waals surface area contributed by atoms with E-state index in [1.807, 2.05) is 31.2 Å². The van der Waals surface area contributed by atoms with E-state index >= 15 is 0 Å². The summed E-state index contributed by atoms with van der Waals surface area (Å²) in [6.07, 6.45) is -0.967. The van der Waals surface area contributed by atoms with E-state index in [-0.39, 0.29) is 43.9 Å². The number of aliphatic hydroxyl groups is 1. The third-order valence-corrected chi connectivity index (χ3v) is 6.73. The predicted molar refractivity (Wildman–Crippen MR) is 138 cm³/mol. The number of hydrogen-bond donors (Lipinski definition) is 3. The number of piperazine rings is 1. The molecule has 2 amide bonds. The highest BCUT2D eigenvalue weighted by Crippen LogP contribution is 2.13. The highest BCUT2D eigenvalue weighted by molar-refractivity contribution is 14.1. The van der Waals surface area contributed by atoms with Gasteiger partial charge in [-0.3, -0.25) is 14.5 Å². The Labute approximate surface area is 218 Å². The van der Waals surface area contributed by atoms with Crippen molar-refractivity contribution in [3.05, 3.63) is 68.8 Å². The zero-order chi connectivity index (χ0) is 25.5. The second-order valence-corrected chi connectivity index (χ2v) is 10.3. The Morgan fingerprint density at radius 3 is 2.57 bits per heavy atom. The number of nitrogens with one attached hydrogen (secondary N) is 2. The van der Waals surface area contributed by atoms with E-state index < -0.39 is 23.8 Å². The van der Waals surface area contributed by atoms with Crippen molar-refractivity contribution in [2.24, 2.45) is 0 Å². The first-order valence-electron chi connectivity index (χ1n) is 11.5. The molecule has 2 aromatic rings. The van der Waals surface area contributed by atoms with Crippen molar-refractivity contribution in [3.8, 4) is 0 Å². The molecule has 1 fully saturated rings. The Morgan fingerprint density at radius 2 is 1.91 bits per heavy atom. The molecule has 0 aromatic heterocycles. The van der Waals surface area contributed by atoms with Crippen LogP contribution in [0.5, 0.6) is 0 Å². The minimum Gasteiger partial charge on any atom is -0.390 e. The van der Waals surface area contributed by atoms with E-state index in [1.165, 1.54) is 12.1 Å². The topological polar surface area (TPSA) is 84.9 Å². The monoisotopic (exact) mass is 600 g/mol. The zero-order valence-corrected chi connectivity index (χ0v) is 22.0. The summed E-state index contributed by atoms with van der Waals surface area (Å²) in [5.41, 5.74) is 1.37. The molecule has 0 bridgehead atoms. The van der Waals surface area contributed by atoms with Crippen LogP contribution in [0.3, 0.4) is 0 Å². The van der Waals surface area contributed by atoms with E-state index in [9.17, 15) is 23.5 Å². The molecule has 0 aliphatic carbocycles. The van der Waals surface area contributed by atoms with Crippen LogP contribution in [0.4, 0.5) is 8.78 Å². The Bertz CT molecular complexity index is 1020. The predicted octanol–water partition coefficient (Wildman–Crippen LogP) is 1.91. The maximum Gasteiger partial charge on any atom is 0.236 e. The summed E-state index contributed by atoms with van der Waals surface area (Å²) in [5, 5.41) is 16.9. The highest BCUT2D eigenvalue weighted by Gasteiger charge is 2.29. The first kappa shape index (κ1) is 27.4. The third kappa shape index (κ3) is 8.48. The van der Waals surface area contributed by atoms with Gasteiger partial charge in [0.05, 0.1) is 25.2 Å². The number of carbonyl (C=O) groups excluding carboxylic acids is 2. The van der Waals surface area contributed by atoms with Gasteiger partial charge >= 0.3 is 0 Å². The second-order valence-electron chi connectivity index (χ2n) is 9.01. The van der Waals surface area contributed by atoms with Crippen LogP contribution in [0.25, 0.3) is 0 Å². The van der Waals surface area contributed by atoms with Gasteiger partial charge in [0.15, 0.2) is 0 Å². The molecule has 0 spiro atoms. The first-order valence-corrected chi connectivity index (χ1v) is 12.5. The molecule has 1 saturated heterocycles. The lowest BCUT2D eigenvalue weighted by atomic mass is 10.0. The number of likely N-dealkylation sites (N-methyl/N-ethyl adjacent to an activating group) is 1. The summed E-state index contributed by atoms with van der Waals surface area (Å²) in [6, 6.07) is 10.3. The fourth-order valence-electron chi connectivity index (χ4n) is 4.10. The van der Waals surface area contributed by atoms with E-state index in [0.29, 0.717) is 18.7 Å². The second kappa shape index (κ2) is 12.7. The molecule has 3 atom stereocenters. The van der Waals surface area contributed by atoms with Crippen molar-refractivity contribution in [1.82, 2.24) is 20.4 Å². The van der Waals surface area contributed by atoms with Crippen LogP contribution >= 0.6 is 22.6 Å². The van der Waals surface area contributed by atoms with Crippen molar-refractivity contribution < 1.29 is 23.5 Å². The Morgan fingerprint density at radius 1 is 1.20 bits per heavy atom. The van der Waals surface area contributed by atoms with Crippen LogP contribution in [0.15, 0.2) is 42.5 Å². The molecular formula is C25H31F2IN4O3. The number of carbonyl (C=O) groups is 2. The number of halogens is 3. The fourth-order valence-corrected chi connectivity index (χ4v) is 4.71. The zero-order valence-electron chi connectivity index (χ0n) is 19.8. The number of nitrogens with zero attached hydrogens (tertiary/aromatic N) is 2. The van der Waals surface area contributed by atoms with Gasteiger partial charge in [-0.1, -0.05) is 12.1 Å². The summed E-state index contributed by atoms with van der Waals surface area (Å²) in [5.74, 6) is -1.88. The van der Waals surface area contributed by atoms with E-state index in [2.05, 4.69) is 33.2 Å².